The Bertz CT molecular complexity index is 601. The van der Waals surface area contributed by atoms with Gasteiger partial charge in [0, 0.05) is 11.9 Å². The van der Waals surface area contributed by atoms with Crippen LogP contribution >= 0.6 is 0 Å². The minimum Gasteiger partial charge on any atom is -0.339 e. The van der Waals surface area contributed by atoms with Crippen molar-refractivity contribution < 1.29 is 0 Å². The van der Waals surface area contributed by atoms with E-state index in [9.17, 15) is 0 Å². The maximum atomic E-state index is 9.05. The molecule has 0 unspecified atom stereocenters. The molecule has 3 heteroatoms. The molecule has 0 aliphatic rings. The first-order chi connectivity index (χ1) is 8.61. The van der Waals surface area contributed by atoms with Crippen molar-refractivity contribution in [2.24, 2.45) is 0 Å². The Morgan fingerprint density at radius 2 is 1.83 bits per heavy atom. The maximum absolute atomic E-state index is 9.05. The third-order valence-electron chi connectivity index (χ3n) is 2.85. The molecule has 2 rings (SSSR count). The van der Waals surface area contributed by atoms with E-state index in [1.807, 2.05) is 0 Å². The second-order valence-electron chi connectivity index (χ2n) is 4.41. The highest BCUT2D eigenvalue weighted by Gasteiger charge is 2.07. The van der Waals surface area contributed by atoms with Crippen molar-refractivity contribution in [1.82, 2.24) is 4.98 Å². The van der Waals surface area contributed by atoms with Crippen molar-refractivity contribution in [3.05, 3.63) is 52.7 Å². The number of aryl methyl sites for hydroxylation is 3. The fourth-order valence-electron chi connectivity index (χ4n) is 2.09. The van der Waals surface area contributed by atoms with E-state index in [0.29, 0.717) is 11.4 Å². The van der Waals surface area contributed by atoms with Crippen LogP contribution in [-0.4, -0.2) is 4.98 Å². The molecule has 1 aromatic carbocycles. The SMILES string of the molecule is Cc1cc(C)c(Nc2ncccc2C#N)c(C)c1. The minimum atomic E-state index is 0.553. The number of benzene rings is 1. The van der Waals surface area contributed by atoms with Gasteiger partial charge in [-0.1, -0.05) is 17.7 Å². The van der Waals surface area contributed by atoms with Gasteiger partial charge in [0.25, 0.3) is 0 Å². The minimum absolute atomic E-state index is 0.553. The van der Waals surface area contributed by atoms with Crippen LogP contribution in [0.2, 0.25) is 0 Å². The van der Waals surface area contributed by atoms with Crippen LogP contribution in [0.1, 0.15) is 22.3 Å². The molecule has 0 spiro atoms. The molecule has 0 aliphatic heterocycles. The molecule has 18 heavy (non-hydrogen) atoms. The van der Waals surface area contributed by atoms with Crippen molar-refractivity contribution in [3.8, 4) is 6.07 Å². The highest BCUT2D eigenvalue weighted by molar-refractivity contribution is 5.68. The van der Waals surface area contributed by atoms with Gasteiger partial charge >= 0.3 is 0 Å². The molecule has 0 radical (unpaired) electrons. The van der Waals surface area contributed by atoms with E-state index in [1.165, 1.54) is 5.56 Å². The fraction of sp³-hybridized carbons (Fsp3) is 0.200. The molecule has 1 N–H and O–H groups in total. The summed E-state index contributed by atoms with van der Waals surface area (Å²) in [4.78, 5) is 4.22. The molecule has 90 valence electrons. The van der Waals surface area contributed by atoms with Crippen molar-refractivity contribution in [1.29, 1.82) is 5.26 Å². The highest BCUT2D eigenvalue weighted by atomic mass is 15.0. The van der Waals surface area contributed by atoms with Gasteiger partial charge in [-0.05, 0) is 44.0 Å². The van der Waals surface area contributed by atoms with E-state index in [-0.39, 0.29) is 0 Å². The number of rotatable bonds is 2. The first-order valence-electron chi connectivity index (χ1n) is 5.82. The summed E-state index contributed by atoms with van der Waals surface area (Å²) in [5, 5.41) is 12.3. The van der Waals surface area contributed by atoms with Gasteiger partial charge in [0.1, 0.15) is 11.9 Å². The standard InChI is InChI=1S/C15H15N3/c1-10-7-11(2)14(12(3)8-10)18-15-13(9-16)5-4-6-17-15/h4-8H,1-3H3,(H,17,18). The van der Waals surface area contributed by atoms with Gasteiger partial charge in [0.05, 0.1) is 5.56 Å². The van der Waals surface area contributed by atoms with Crippen LogP contribution in [0.5, 0.6) is 0 Å². The molecule has 3 nitrogen and oxygen atoms in total. The van der Waals surface area contributed by atoms with Gasteiger partial charge in [-0.2, -0.15) is 5.26 Å². The highest BCUT2D eigenvalue weighted by Crippen LogP contribution is 2.26. The fourth-order valence-corrected chi connectivity index (χ4v) is 2.09. The van der Waals surface area contributed by atoms with Crippen LogP contribution < -0.4 is 5.32 Å². The van der Waals surface area contributed by atoms with Crippen LogP contribution in [0.4, 0.5) is 11.5 Å². The Kier molecular flexibility index (Phi) is 3.29. The smallest absolute Gasteiger partial charge is 0.148 e. The van der Waals surface area contributed by atoms with Crippen molar-refractivity contribution in [2.45, 2.75) is 20.8 Å². The summed E-state index contributed by atoms with van der Waals surface area (Å²) in [7, 11) is 0. The summed E-state index contributed by atoms with van der Waals surface area (Å²) < 4.78 is 0. The monoisotopic (exact) mass is 237 g/mol. The summed E-state index contributed by atoms with van der Waals surface area (Å²) in [6.45, 7) is 6.18. The van der Waals surface area contributed by atoms with Crippen molar-refractivity contribution in [2.75, 3.05) is 5.32 Å². The average molecular weight is 237 g/mol. The van der Waals surface area contributed by atoms with E-state index in [4.69, 9.17) is 5.26 Å². The largest absolute Gasteiger partial charge is 0.339 e. The molecule has 0 fully saturated rings. The van der Waals surface area contributed by atoms with Crippen LogP contribution in [-0.2, 0) is 0 Å². The zero-order valence-electron chi connectivity index (χ0n) is 10.8. The van der Waals surface area contributed by atoms with Crippen LogP contribution in [0, 0.1) is 32.1 Å². The van der Waals surface area contributed by atoms with Crippen LogP contribution in [0.15, 0.2) is 30.5 Å². The lowest BCUT2D eigenvalue weighted by Gasteiger charge is -2.13. The predicted octanol–water partition coefficient (Wildman–Crippen LogP) is 3.62. The molecule has 0 amide bonds. The number of nitriles is 1. The second-order valence-corrected chi connectivity index (χ2v) is 4.41. The predicted molar refractivity (Wildman–Crippen MR) is 72.9 cm³/mol. The van der Waals surface area contributed by atoms with Gasteiger partial charge in [0.2, 0.25) is 0 Å². The van der Waals surface area contributed by atoms with E-state index in [0.717, 1.165) is 16.8 Å². The Hall–Kier alpha value is -2.34. The van der Waals surface area contributed by atoms with E-state index in [2.05, 4.69) is 49.3 Å². The summed E-state index contributed by atoms with van der Waals surface area (Å²) in [6.07, 6.45) is 1.68. The molecule has 1 heterocycles. The number of pyridine rings is 1. The van der Waals surface area contributed by atoms with E-state index >= 15 is 0 Å². The summed E-state index contributed by atoms with van der Waals surface area (Å²) >= 11 is 0. The number of hydrogen-bond donors (Lipinski definition) is 1. The van der Waals surface area contributed by atoms with Gasteiger partial charge < -0.3 is 5.32 Å². The maximum Gasteiger partial charge on any atom is 0.148 e. The van der Waals surface area contributed by atoms with Crippen molar-refractivity contribution in [3.63, 3.8) is 0 Å². The summed E-state index contributed by atoms with van der Waals surface area (Å²) in [5.74, 6) is 0.607. The summed E-state index contributed by atoms with van der Waals surface area (Å²) in [5.41, 5.74) is 5.12. The van der Waals surface area contributed by atoms with Gasteiger partial charge in [-0.25, -0.2) is 4.98 Å². The average Bonchev–Trinajstić information content (AvgIpc) is 2.34. The molecule has 1 aromatic heterocycles. The lowest BCUT2D eigenvalue weighted by atomic mass is 10.0. The zero-order valence-corrected chi connectivity index (χ0v) is 10.8. The molecule has 0 atom stereocenters. The van der Waals surface area contributed by atoms with Crippen LogP contribution in [0.3, 0.4) is 0 Å². The Morgan fingerprint density at radius 3 is 2.44 bits per heavy atom. The number of nitrogens with one attached hydrogen (secondary N) is 1. The third kappa shape index (κ3) is 2.33. The topological polar surface area (TPSA) is 48.7 Å². The number of anilines is 2. The Balaban J connectivity index is 2.44. The number of hydrogen-bond acceptors (Lipinski definition) is 3. The summed E-state index contributed by atoms with van der Waals surface area (Å²) in [6, 6.07) is 9.89. The molecule has 2 aromatic rings. The van der Waals surface area contributed by atoms with Gasteiger partial charge in [-0.15, -0.1) is 0 Å². The molecule has 0 bridgehead atoms. The third-order valence-corrected chi connectivity index (χ3v) is 2.85. The first-order valence-corrected chi connectivity index (χ1v) is 5.82. The molecular weight excluding hydrogens is 222 g/mol. The Morgan fingerprint density at radius 1 is 1.17 bits per heavy atom. The molecule has 0 aliphatic carbocycles. The normalized spacial score (nSPS) is 9.89. The molecule has 0 saturated carbocycles. The quantitative estimate of drug-likeness (QED) is 0.867. The van der Waals surface area contributed by atoms with Gasteiger partial charge in [-0.3, -0.25) is 0 Å². The number of aromatic nitrogens is 1. The number of nitrogens with zero attached hydrogens (tertiary/aromatic N) is 2. The van der Waals surface area contributed by atoms with E-state index < -0.39 is 0 Å². The first kappa shape index (κ1) is 12.1. The molecule has 0 saturated heterocycles. The Labute approximate surface area is 107 Å². The van der Waals surface area contributed by atoms with Gasteiger partial charge in [0.15, 0.2) is 0 Å². The van der Waals surface area contributed by atoms with Crippen LogP contribution in [0.25, 0.3) is 0 Å². The molecular formula is C15H15N3. The lowest BCUT2D eigenvalue weighted by Crippen LogP contribution is -2.00. The zero-order chi connectivity index (χ0) is 13.1. The van der Waals surface area contributed by atoms with Crippen molar-refractivity contribution >= 4 is 11.5 Å². The van der Waals surface area contributed by atoms with E-state index in [1.54, 1.807) is 18.3 Å². The second kappa shape index (κ2) is 4.89. The lowest BCUT2D eigenvalue weighted by molar-refractivity contribution is 1.25.